The minimum Gasteiger partial charge on any atom is -0.456 e. The van der Waals surface area contributed by atoms with Crippen molar-refractivity contribution >= 4 is 11.8 Å². The molecule has 2 heteroatoms. The zero-order valence-electron chi connectivity index (χ0n) is 30.2. The highest BCUT2D eigenvalue weighted by Gasteiger charge is 2.44. The van der Waals surface area contributed by atoms with Crippen LogP contribution in [0.5, 0.6) is 11.5 Å². The Kier molecular flexibility index (Phi) is 5.83. The SMILES string of the molecule is CC1(C)c2ccccc2Oc2c1ccc1c2-c2ccc(-c3ccc4c(c3)C(C)(C)c3ccc5c(c3-4)Sc3ccccc3C5(C)C)cc2C1(C)C. The van der Waals surface area contributed by atoms with Crippen molar-refractivity contribution in [3.8, 4) is 44.9 Å². The van der Waals surface area contributed by atoms with Crippen molar-refractivity contribution in [3.05, 3.63) is 154 Å². The molecule has 0 saturated carbocycles. The van der Waals surface area contributed by atoms with Crippen LogP contribution in [0.3, 0.4) is 0 Å². The number of hydrogen-bond acceptors (Lipinski definition) is 2. The first-order valence-electron chi connectivity index (χ1n) is 18.0. The number of rotatable bonds is 1. The van der Waals surface area contributed by atoms with Crippen LogP contribution >= 0.6 is 11.8 Å². The highest BCUT2D eigenvalue weighted by molar-refractivity contribution is 7.99. The Morgan fingerprint density at radius 1 is 0.420 bits per heavy atom. The summed E-state index contributed by atoms with van der Waals surface area (Å²) in [5.74, 6) is 1.99. The summed E-state index contributed by atoms with van der Waals surface area (Å²) in [7, 11) is 0. The van der Waals surface area contributed by atoms with E-state index in [0.29, 0.717) is 0 Å². The van der Waals surface area contributed by atoms with Crippen LogP contribution in [0, 0.1) is 0 Å². The summed E-state index contributed by atoms with van der Waals surface area (Å²) in [5.41, 5.74) is 18.4. The van der Waals surface area contributed by atoms with E-state index < -0.39 is 0 Å². The first kappa shape index (κ1) is 30.3. The van der Waals surface area contributed by atoms with E-state index in [4.69, 9.17) is 4.74 Å². The summed E-state index contributed by atoms with van der Waals surface area (Å²) in [6.07, 6.45) is 0. The van der Waals surface area contributed by atoms with Gasteiger partial charge < -0.3 is 4.74 Å². The predicted molar refractivity (Wildman–Crippen MR) is 208 cm³/mol. The lowest BCUT2D eigenvalue weighted by molar-refractivity contribution is 0.419. The third-order valence-electron chi connectivity index (χ3n) is 12.8. The number of benzene rings is 6. The maximum Gasteiger partial charge on any atom is 0.139 e. The van der Waals surface area contributed by atoms with Crippen LogP contribution in [0.2, 0.25) is 0 Å². The molecule has 0 N–H and O–H groups in total. The Balaban J connectivity index is 1.09. The third-order valence-corrected chi connectivity index (χ3v) is 14.0. The molecule has 2 aliphatic heterocycles. The van der Waals surface area contributed by atoms with Gasteiger partial charge >= 0.3 is 0 Å². The molecule has 0 radical (unpaired) electrons. The second kappa shape index (κ2) is 9.62. The van der Waals surface area contributed by atoms with Crippen molar-refractivity contribution in [3.63, 3.8) is 0 Å². The highest BCUT2D eigenvalue weighted by atomic mass is 32.2. The van der Waals surface area contributed by atoms with E-state index in [2.05, 4.69) is 165 Å². The highest BCUT2D eigenvalue weighted by Crippen LogP contribution is 2.61. The van der Waals surface area contributed by atoms with Crippen molar-refractivity contribution in [2.75, 3.05) is 0 Å². The summed E-state index contributed by atoms with van der Waals surface area (Å²) >= 11 is 1.96. The minimum atomic E-state index is -0.147. The van der Waals surface area contributed by atoms with E-state index in [-0.39, 0.29) is 21.7 Å². The molecule has 0 bridgehead atoms. The lowest BCUT2D eigenvalue weighted by Crippen LogP contribution is -2.25. The Bertz CT molecular complexity index is 2320. The van der Waals surface area contributed by atoms with Gasteiger partial charge in [0.25, 0.3) is 0 Å². The fourth-order valence-corrected chi connectivity index (χ4v) is 11.4. The molecule has 2 heterocycles. The molecule has 2 aliphatic carbocycles. The molecule has 0 aromatic heterocycles. The van der Waals surface area contributed by atoms with Gasteiger partial charge in [-0.2, -0.15) is 0 Å². The van der Waals surface area contributed by atoms with Crippen molar-refractivity contribution in [2.45, 2.75) is 86.8 Å². The Morgan fingerprint density at radius 3 is 1.60 bits per heavy atom. The molecule has 6 aromatic carbocycles. The van der Waals surface area contributed by atoms with Gasteiger partial charge in [-0.3, -0.25) is 0 Å². The normalized spacial score (nSPS) is 18.3. The quantitative estimate of drug-likeness (QED) is 0.173. The van der Waals surface area contributed by atoms with Crippen LogP contribution in [0.15, 0.2) is 119 Å². The van der Waals surface area contributed by atoms with Gasteiger partial charge in [0.2, 0.25) is 0 Å². The molecule has 6 aromatic rings. The monoisotopic (exact) mass is 666 g/mol. The molecular formula is C48H42OS. The van der Waals surface area contributed by atoms with E-state index in [1.165, 1.54) is 87.7 Å². The third kappa shape index (κ3) is 3.71. The fraction of sp³-hybridized carbons (Fsp3) is 0.250. The van der Waals surface area contributed by atoms with Gasteiger partial charge in [-0.05, 0) is 79.9 Å². The Labute approximate surface area is 300 Å². The van der Waals surface area contributed by atoms with Crippen LogP contribution in [0.1, 0.15) is 99.9 Å². The molecule has 0 fully saturated rings. The van der Waals surface area contributed by atoms with E-state index in [1.54, 1.807) is 0 Å². The molecular weight excluding hydrogens is 625 g/mol. The standard InChI is InChI=1S/C48H42OS/c1-45(2)31-13-9-11-15-39(31)49-43-35(45)23-21-33-41(43)29-19-17-27(25-37(29)47(33,5)6)28-18-20-30-38(26-28)48(7,8)34-22-24-36-44(42(30)34)50-40-16-12-10-14-32(40)46(36,3)4/h9-26H,1-8H3. The largest absolute Gasteiger partial charge is 0.456 e. The Morgan fingerprint density at radius 2 is 0.920 bits per heavy atom. The summed E-state index contributed by atoms with van der Waals surface area (Å²) < 4.78 is 6.80. The molecule has 0 unspecified atom stereocenters. The zero-order chi connectivity index (χ0) is 34.5. The molecule has 50 heavy (non-hydrogen) atoms. The van der Waals surface area contributed by atoms with Crippen LogP contribution in [0.25, 0.3) is 33.4 Å². The van der Waals surface area contributed by atoms with Gasteiger partial charge in [0.15, 0.2) is 0 Å². The fourth-order valence-electron chi connectivity index (χ4n) is 9.80. The first-order valence-corrected chi connectivity index (χ1v) is 18.8. The van der Waals surface area contributed by atoms with Gasteiger partial charge in [0.1, 0.15) is 11.5 Å². The molecule has 4 aliphatic rings. The molecule has 0 amide bonds. The predicted octanol–water partition coefficient (Wildman–Crippen LogP) is 13.2. The van der Waals surface area contributed by atoms with Gasteiger partial charge in [-0.1, -0.05) is 152 Å². The van der Waals surface area contributed by atoms with Gasteiger partial charge in [0.05, 0.1) is 0 Å². The van der Waals surface area contributed by atoms with Crippen molar-refractivity contribution in [2.24, 2.45) is 0 Å². The topological polar surface area (TPSA) is 9.23 Å². The maximum atomic E-state index is 6.80. The summed E-state index contributed by atoms with van der Waals surface area (Å²) in [4.78, 5) is 2.81. The molecule has 0 spiro atoms. The van der Waals surface area contributed by atoms with E-state index in [9.17, 15) is 0 Å². The van der Waals surface area contributed by atoms with Gasteiger partial charge in [-0.25, -0.2) is 0 Å². The second-order valence-corrected chi connectivity index (χ2v) is 18.0. The average Bonchev–Trinajstić information content (AvgIpc) is 3.47. The van der Waals surface area contributed by atoms with Crippen LogP contribution in [-0.2, 0) is 21.7 Å². The first-order chi connectivity index (χ1) is 23.8. The van der Waals surface area contributed by atoms with Crippen molar-refractivity contribution in [1.82, 2.24) is 0 Å². The molecule has 1 nitrogen and oxygen atoms in total. The molecule has 0 saturated heterocycles. The summed E-state index contributed by atoms with van der Waals surface area (Å²) in [6.45, 7) is 19.0. The van der Waals surface area contributed by atoms with E-state index >= 15 is 0 Å². The molecule has 0 atom stereocenters. The van der Waals surface area contributed by atoms with Crippen LogP contribution in [-0.4, -0.2) is 0 Å². The van der Waals surface area contributed by atoms with Gasteiger partial charge in [0, 0.05) is 53.7 Å². The van der Waals surface area contributed by atoms with Crippen LogP contribution < -0.4 is 4.74 Å². The number of fused-ring (bicyclic) bond motifs is 12. The lowest BCUT2D eigenvalue weighted by atomic mass is 9.74. The number of para-hydroxylation sites is 1. The van der Waals surface area contributed by atoms with Crippen molar-refractivity contribution in [1.29, 1.82) is 0 Å². The van der Waals surface area contributed by atoms with E-state index in [0.717, 1.165) is 11.5 Å². The second-order valence-electron chi connectivity index (χ2n) is 16.9. The molecule has 246 valence electrons. The lowest BCUT2D eigenvalue weighted by Gasteiger charge is -2.36. The van der Waals surface area contributed by atoms with Gasteiger partial charge in [-0.15, -0.1) is 0 Å². The Hall–Kier alpha value is -4.53. The van der Waals surface area contributed by atoms with E-state index in [1.807, 2.05) is 11.8 Å². The van der Waals surface area contributed by atoms with Crippen molar-refractivity contribution < 1.29 is 4.74 Å². The maximum absolute atomic E-state index is 6.80. The zero-order valence-corrected chi connectivity index (χ0v) is 31.0. The summed E-state index contributed by atoms with van der Waals surface area (Å²) in [5, 5.41) is 0. The minimum absolute atomic E-state index is 0.0444. The summed E-state index contributed by atoms with van der Waals surface area (Å²) in [6, 6.07) is 41.4. The molecule has 10 rings (SSSR count). The number of ether oxygens (including phenoxy) is 1. The average molecular weight is 667 g/mol. The smallest absolute Gasteiger partial charge is 0.139 e. The van der Waals surface area contributed by atoms with Crippen LogP contribution in [0.4, 0.5) is 0 Å². The number of hydrogen-bond donors (Lipinski definition) is 0.